The van der Waals surface area contributed by atoms with E-state index < -0.39 is 0 Å². The number of nitrogens with zero attached hydrogens (tertiary/aromatic N) is 4. The van der Waals surface area contributed by atoms with Gasteiger partial charge >= 0.3 is 0 Å². The number of likely N-dealkylation sites (N-methyl/N-ethyl adjacent to an activating group) is 1. The standard InChI is InChI=1S/C12H22N4S/c1-3-17-12-5-4-11(8-12)15(2)6-7-16-10-13-9-14-16/h9-12H,3-8H2,1-2H3/t11-,12-/m1/s1. The van der Waals surface area contributed by atoms with E-state index in [9.17, 15) is 0 Å². The van der Waals surface area contributed by atoms with Gasteiger partial charge in [-0.3, -0.25) is 4.68 Å². The first kappa shape index (κ1) is 12.9. The quantitative estimate of drug-likeness (QED) is 0.776. The SMILES string of the molecule is CCS[C@@H]1CC[C@@H](N(C)CCn2cncn2)C1. The summed E-state index contributed by atoms with van der Waals surface area (Å²) in [6.45, 7) is 4.27. The molecule has 1 aliphatic carbocycles. The van der Waals surface area contributed by atoms with Crippen molar-refractivity contribution in [3.05, 3.63) is 12.7 Å². The van der Waals surface area contributed by atoms with Crippen LogP contribution in [0.4, 0.5) is 0 Å². The summed E-state index contributed by atoms with van der Waals surface area (Å²) in [6, 6.07) is 0.766. The molecule has 0 radical (unpaired) electrons. The Morgan fingerprint density at radius 2 is 2.35 bits per heavy atom. The molecule has 4 nitrogen and oxygen atoms in total. The third kappa shape index (κ3) is 3.71. The molecule has 0 N–H and O–H groups in total. The highest BCUT2D eigenvalue weighted by molar-refractivity contribution is 7.99. The van der Waals surface area contributed by atoms with E-state index >= 15 is 0 Å². The van der Waals surface area contributed by atoms with Crippen LogP contribution < -0.4 is 0 Å². The van der Waals surface area contributed by atoms with E-state index in [4.69, 9.17) is 0 Å². The van der Waals surface area contributed by atoms with Crippen LogP contribution in [0.3, 0.4) is 0 Å². The average molecular weight is 254 g/mol. The highest BCUT2D eigenvalue weighted by atomic mass is 32.2. The van der Waals surface area contributed by atoms with Gasteiger partial charge in [0.1, 0.15) is 12.7 Å². The molecule has 2 atom stereocenters. The van der Waals surface area contributed by atoms with Gasteiger partial charge in [0.05, 0.1) is 6.54 Å². The van der Waals surface area contributed by atoms with Gasteiger partial charge in [-0.2, -0.15) is 16.9 Å². The molecule has 0 bridgehead atoms. The van der Waals surface area contributed by atoms with Crippen molar-refractivity contribution in [1.29, 1.82) is 0 Å². The van der Waals surface area contributed by atoms with E-state index in [0.717, 1.165) is 24.4 Å². The van der Waals surface area contributed by atoms with Gasteiger partial charge in [-0.15, -0.1) is 0 Å². The Morgan fingerprint density at radius 3 is 3.06 bits per heavy atom. The molecule has 2 rings (SSSR count). The van der Waals surface area contributed by atoms with Crippen molar-refractivity contribution < 1.29 is 0 Å². The zero-order chi connectivity index (χ0) is 12.1. The van der Waals surface area contributed by atoms with Crippen LogP contribution in [0.15, 0.2) is 12.7 Å². The average Bonchev–Trinajstić information content (AvgIpc) is 2.97. The lowest BCUT2D eigenvalue weighted by molar-refractivity contribution is 0.233. The maximum absolute atomic E-state index is 4.13. The predicted octanol–water partition coefficient (Wildman–Crippen LogP) is 1.88. The number of aromatic nitrogens is 3. The topological polar surface area (TPSA) is 34.0 Å². The lowest BCUT2D eigenvalue weighted by Gasteiger charge is -2.24. The maximum Gasteiger partial charge on any atom is 0.137 e. The number of thioether (sulfide) groups is 1. The summed E-state index contributed by atoms with van der Waals surface area (Å²) < 4.78 is 1.91. The Bertz CT molecular complexity index is 314. The minimum Gasteiger partial charge on any atom is -0.302 e. The summed E-state index contributed by atoms with van der Waals surface area (Å²) in [4.78, 5) is 6.45. The molecule has 0 saturated heterocycles. The summed E-state index contributed by atoms with van der Waals surface area (Å²) in [5.74, 6) is 1.25. The van der Waals surface area contributed by atoms with Crippen LogP contribution >= 0.6 is 11.8 Å². The molecule has 1 aromatic rings. The molecular weight excluding hydrogens is 232 g/mol. The maximum atomic E-state index is 4.13. The van der Waals surface area contributed by atoms with Gasteiger partial charge in [-0.25, -0.2) is 4.98 Å². The monoisotopic (exact) mass is 254 g/mol. The molecule has 17 heavy (non-hydrogen) atoms. The minimum absolute atomic E-state index is 0.766. The summed E-state index contributed by atoms with van der Waals surface area (Å²) >= 11 is 2.12. The largest absolute Gasteiger partial charge is 0.302 e. The molecule has 0 spiro atoms. The van der Waals surface area contributed by atoms with E-state index in [1.807, 2.05) is 4.68 Å². The van der Waals surface area contributed by atoms with Crippen molar-refractivity contribution >= 4 is 11.8 Å². The third-order valence-corrected chi connectivity index (χ3v) is 4.76. The second kappa shape index (κ2) is 6.40. The van der Waals surface area contributed by atoms with Crippen LogP contribution in [0.1, 0.15) is 26.2 Å². The Labute approximate surface area is 108 Å². The molecule has 1 saturated carbocycles. The van der Waals surface area contributed by atoms with Crippen LogP contribution in [-0.4, -0.2) is 50.3 Å². The fourth-order valence-electron chi connectivity index (χ4n) is 2.50. The van der Waals surface area contributed by atoms with Crippen molar-refractivity contribution in [2.75, 3.05) is 19.3 Å². The molecule has 0 amide bonds. The predicted molar refractivity (Wildman–Crippen MR) is 72.2 cm³/mol. The van der Waals surface area contributed by atoms with Crippen molar-refractivity contribution in [3.63, 3.8) is 0 Å². The Hall–Kier alpha value is -0.550. The first-order chi connectivity index (χ1) is 8.29. The van der Waals surface area contributed by atoms with Gasteiger partial charge in [0.25, 0.3) is 0 Å². The second-order valence-electron chi connectivity index (χ2n) is 4.68. The minimum atomic E-state index is 0.766. The number of rotatable bonds is 6. The molecule has 0 unspecified atom stereocenters. The van der Waals surface area contributed by atoms with Gasteiger partial charge in [0.2, 0.25) is 0 Å². The zero-order valence-corrected chi connectivity index (χ0v) is 11.6. The first-order valence-electron chi connectivity index (χ1n) is 6.44. The molecule has 96 valence electrons. The van der Waals surface area contributed by atoms with Gasteiger partial charge in [0.15, 0.2) is 0 Å². The molecule has 1 heterocycles. The van der Waals surface area contributed by atoms with E-state index in [-0.39, 0.29) is 0 Å². The second-order valence-corrected chi connectivity index (χ2v) is 6.26. The summed E-state index contributed by atoms with van der Waals surface area (Å²) in [7, 11) is 2.24. The normalized spacial score (nSPS) is 24.6. The van der Waals surface area contributed by atoms with E-state index in [1.54, 1.807) is 12.7 Å². The van der Waals surface area contributed by atoms with Crippen molar-refractivity contribution in [1.82, 2.24) is 19.7 Å². The van der Waals surface area contributed by atoms with Crippen molar-refractivity contribution in [2.45, 2.75) is 44.0 Å². The lowest BCUT2D eigenvalue weighted by Crippen LogP contribution is -2.32. The van der Waals surface area contributed by atoms with Gasteiger partial charge in [0, 0.05) is 17.8 Å². The van der Waals surface area contributed by atoms with E-state index in [1.165, 1.54) is 25.0 Å². The molecule has 5 heteroatoms. The highest BCUT2D eigenvalue weighted by Gasteiger charge is 2.27. The molecule has 1 aliphatic rings. The van der Waals surface area contributed by atoms with E-state index in [2.05, 4.69) is 40.7 Å². The fourth-order valence-corrected chi connectivity index (χ4v) is 3.63. The summed E-state index contributed by atoms with van der Waals surface area (Å²) in [5.41, 5.74) is 0. The zero-order valence-electron chi connectivity index (χ0n) is 10.7. The molecule has 1 fully saturated rings. The Kier molecular flexibility index (Phi) is 4.86. The van der Waals surface area contributed by atoms with Crippen molar-refractivity contribution in [2.24, 2.45) is 0 Å². The lowest BCUT2D eigenvalue weighted by atomic mass is 10.2. The van der Waals surface area contributed by atoms with Gasteiger partial charge in [-0.1, -0.05) is 6.92 Å². The number of hydrogen-bond donors (Lipinski definition) is 0. The Balaban J connectivity index is 1.71. The van der Waals surface area contributed by atoms with Crippen LogP contribution in [0.5, 0.6) is 0 Å². The summed E-state index contributed by atoms with van der Waals surface area (Å²) in [6.07, 6.45) is 7.48. The number of hydrogen-bond acceptors (Lipinski definition) is 4. The molecule has 0 aliphatic heterocycles. The smallest absolute Gasteiger partial charge is 0.137 e. The fraction of sp³-hybridized carbons (Fsp3) is 0.833. The summed E-state index contributed by atoms with van der Waals surface area (Å²) in [5, 5.41) is 5.02. The van der Waals surface area contributed by atoms with E-state index in [0.29, 0.717) is 0 Å². The first-order valence-corrected chi connectivity index (χ1v) is 7.48. The van der Waals surface area contributed by atoms with Crippen LogP contribution in [0.2, 0.25) is 0 Å². The van der Waals surface area contributed by atoms with Gasteiger partial charge in [-0.05, 0) is 32.1 Å². The molecular formula is C12H22N4S. The Morgan fingerprint density at radius 1 is 1.47 bits per heavy atom. The van der Waals surface area contributed by atoms with Crippen LogP contribution in [0, 0.1) is 0 Å². The van der Waals surface area contributed by atoms with Crippen LogP contribution in [0.25, 0.3) is 0 Å². The third-order valence-electron chi connectivity index (χ3n) is 3.53. The van der Waals surface area contributed by atoms with Crippen molar-refractivity contribution in [3.8, 4) is 0 Å². The van der Waals surface area contributed by atoms with Gasteiger partial charge < -0.3 is 4.90 Å². The molecule has 1 aromatic heterocycles. The molecule has 0 aromatic carbocycles. The highest BCUT2D eigenvalue weighted by Crippen LogP contribution is 2.31. The van der Waals surface area contributed by atoms with Crippen LogP contribution in [-0.2, 0) is 6.54 Å².